The number of halogens is 2. The fourth-order valence-electron chi connectivity index (χ4n) is 1.76. The smallest absolute Gasteiger partial charge is 0.545 e. The molecule has 0 heterocycles. The van der Waals surface area contributed by atoms with Crippen molar-refractivity contribution < 1.29 is 49.4 Å². The molecule has 1 N–H and O–H groups in total. The molecule has 114 valence electrons. The van der Waals surface area contributed by atoms with Crippen LogP contribution < -0.4 is 34.7 Å². The van der Waals surface area contributed by atoms with Crippen LogP contribution in [-0.4, -0.2) is 42.6 Å². The quantitative estimate of drug-likeness (QED) is 0.479. The summed E-state index contributed by atoms with van der Waals surface area (Å²) in [6.07, 6.45) is 0.889. The number of carboxylic acids is 1. The summed E-state index contributed by atoms with van der Waals surface area (Å²) in [5, 5.41) is 20.3. The third kappa shape index (κ3) is 5.26. The Labute approximate surface area is 160 Å². The second-order valence-electron chi connectivity index (χ2n) is 4.44. The van der Waals surface area contributed by atoms with Crippen LogP contribution in [0.1, 0.15) is 11.1 Å². The van der Waals surface area contributed by atoms with Gasteiger partial charge in [0.25, 0.3) is 5.91 Å². The molecule has 0 aliphatic carbocycles. The zero-order chi connectivity index (χ0) is 16.2. The summed E-state index contributed by atoms with van der Waals surface area (Å²) in [6.45, 7) is -0.177. The van der Waals surface area contributed by atoms with Crippen molar-refractivity contribution in [2.45, 2.75) is 6.42 Å². The van der Waals surface area contributed by atoms with Crippen LogP contribution in [-0.2, 0) is 16.0 Å². The van der Waals surface area contributed by atoms with E-state index in [-0.39, 0.29) is 58.7 Å². The first-order valence-corrected chi connectivity index (χ1v) is 6.77. The maximum Gasteiger partial charge on any atom is 1.00 e. The van der Waals surface area contributed by atoms with E-state index in [1.807, 2.05) is 0 Å². The summed E-state index contributed by atoms with van der Waals surface area (Å²) >= 11 is 12.2. The first-order valence-electron chi connectivity index (χ1n) is 6.02. The van der Waals surface area contributed by atoms with Gasteiger partial charge >= 0.3 is 29.6 Å². The van der Waals surface area contributed by atoms with Crippen LogP contribution in [0, 0.1) is 0 Å². The van der Waals surface area contributed by atoms with Crippen LogP contribution in [0.3, 0.4) is 0 Å². The Morgan fingerprint density at radius 3 is 2.36 bits per heavy atom. The van der Waals surface area contributed by atoms with Crippen LogP contribution in [0.2, 0.25) is 10.0 Å². The Bertz CT molecular complexity index is 603. The van der Waals surface area contributed by atoms with Gasteiger partial charge < -0.3 is 19.9 Å². The van der Waals surface area contributed by atoms with Gasteiger partial charge in [-0.1, -0.05) is 29.3 Å². The predicted octanol–water partition coefficient (Wildman–Crippen LogP) is -2.25. The van der Waals surface area contributed by atoms with Crippen LogP contribution in [0.25, 0.3) is 5.57 Å². The average molecular weight is 354 g/mol. The van der Waals surface area contributed by atoms with Gasteiger partial charge in [-0.05, 0) is 24.1 Å². The van der Waals surface area contributed by atoms with Crippen molar-refractivity contribution >= 4 is 40.7 Å². The molecule has 0 spiro atoms. The molecule has 1 aromatic rings. The number of nitrogens with zero attached hydrogens (tertiary/aromatic N) is 1. The molecule has 0 saturated carbocycles. The number of hydrogen-bond donors (Lipinski definition) is 1. The number of benzene rings is 1. The number of aliphatic hydroxyl groups excluding tert-OH is 1. The fraction of sp³-hybridized carbons (Fsp3) is 0.286. The SMILES string of the molecule is CN(C)C(=O)C(=CC(=O)[O-])c1ccc(Cl)c(CCO)c1Cl.[Na+]. The van der Waals surface area contributed by atoms with Crippen molar-refractivity contribution in [2.75, 3.05) is 20.7 Å². The first kappa shape index (κ1) is 21.4. The van der Waals surface area contributed by atoms with E-state index in [0.717, 1.165) is 0 Å². The zero-order valence-corrected chi connectivity index (χ0v) is 16.0. The van der Waals surface area contributed by atoms with Crippen LogP contribution in [0.15, 0.2) is 18.2 Å². The number of rotatable bonds is 5. The second-order valence-corrected chi connectivity index (χ2v) is 5.22. The Morgan fingerprint density at radius 2 is 1.91 bits per heavy atom. The minimum Gasteiger partial charge on any atom is -0.545 e. The molecule has 1 amide bonds. The second kappa shape index (κ2) is 9.55. The Morgan fingerprint density at radius 1 is 1.32 bits per heavy atom. The third-order valence-electron chi connectivity index (χ3n) is 2.74. The summed E-state index contributed by atoms with van der Waals surface area (Å²) < 4.78 is 0. The summed E-state index contributed by atoms with van der Waals surface area (Å²) in [4.78, 5) is 24.2. The van der Waals surface area contributed by atoms with Crippen molar-refractivity contribution in [3.05, 3.63) is 39.4 Å². The van der Waals surface area contributed by atoms with E-state index in [0.29, 0.717) is 16.7 Å². The van der Waals surface area contributed by atoms with E-state index in [4.69, 9.17) is 28.3 Å². The topological polar surface area (TPSA) is 80.7 Å². The molecule has 1 aromatic carbocycles. The summed E-state index contributed by atoms with van der Waals surface area (Å²) in [5.41, 5.74) is 0.572. The molecule has 5 nitrogen and oxygen atoms in total. The number of carbonyl (C=O) groups excluding carboxylic acids is 2. The number of amides is 1. The van der Waals surface area contributed by atoms with E-state index < -0.39 is 11.9 Å². The molecular formula is C14H14Cl2NNaO4. The molecule has 0 fully saturated rings. The van der Waals surface area contributed by atoms with Crippen LogP contribution >= 0.6 is 23.2 Å². The van der Waals surface area contributed by atoms with Gasteiger partial charge in [0.1, 0.15) is 0 Å². The van der Waals surface area contributed by atoms with Crippen molar-refractivity contribution in [3.63, 3.8) is 0 Å². The number of likely N-dealkylation sites (N-methyl/N-ethyl adjacent to an activating group) is 1. The molecule has 0 unspecified atom stereocenters. The van der Waals surface area contributed by atoms with Gasteiger partial charge in [0.2, 0.25) is 0 Å². The van der Waals surface area contributed by atoms with Crippen molar-refractivity contribution in [3.8, 4) is 0 Å². The molecule has 0 radical (unpaired) electrons. The minimum atomic E-state index is -1.50. The molecule has 22 heavy (non-hydrogen) atoms. The number of hydrogen-bond acceptors (Lipinski definition) is 4. The number of aliphatic hydroxyl groups is 1. The van der Waals surface area contributed by atoms with Gasteiger partial charge in [0, 0.05) is 31.3 Å². The third-order valence-corrected chi connectivity index (χ3v) is 3.52. The van der Waals surface area contributed by atoms with Crippen molar-refractivity contribution in [2.24, 2.45) is 0 Å². The summed E-state index contributed by atoms with van der Waals surface area (Å²) in [5.74, 6) is -2.03. The Balaban J connectivity index is 0.00000441. The maximum atomic E-state index is 12.1. The predicted molar refractivity (Wildman–Crippen MR) is 78.9 cm³/mol. The van der Waals surface area contributed by atoms with Gasteiger partial charge in [-0.15, -0.1) is 0 Å². The van der Waals surface area contributed by atoms with Gasteiger partial charge in [-0.2, -0.15) is 0 Å². The van der Waals surface area contributed by atoms with Gasteiger partial charge in [0.05, 0.1) is 16.6 Å². The molecule has 0 aromatic heterocycles. The normalized spacial score (nSPS) is 10.9. The van der Waals surface area contributed by atoms with E-state index in [1.165, 1.54) is 31.1 Å². The molecular weight excluding hydrogens is 340 g/mol. The van der Waals surface area contributed by atoms with Crippen LogP contribution in [0.4, 0.5) is 0 Å². The Kier molecular flexibility index (Phi) is 9.31. The molecule has 0 aliphatic rings. The zero-order valence-electron chi connectivity index (χ0n) is 12.5. The average Bonchev–Trinajstić information content (AvgIpc) is 2.40. The van der Waals surface area contributed by atoms with Crippen molar-refractivity contribution in [1.82, 2.24) is 4.90 Å². The Hall–Kier alpha value is -0.560. The first-order chi connectivity index (χ1) is 9.79. The summed E-state index contributed by atoms with van der Waals surface area (Å²) in [6, 6.07) is 2.96. The van der Waals surface area contributed by atoms with E-state index >= 15 is 0 Å². The van der Waals surface area contributed by atoms with Crippen molar-refractivity contribution in [1.29, 1.82) is 0 Å². The largest absolute Gasteiger partial charge is 1.00 e. The minimum absolute atomic E-state index is 0. The molecule has 0 bridgehead atoms. The van der Waals surface area contributed by atoms with E-state index in [9.17, 15) is 14.7 Å². The van der Waals surface area contributed by atoms with Gasteiger partial charge in [0.15, 0.2) is 0 Å². The fourth-order valence-corrected chi connectivity index (χ4v) is 2.42. The number of carboxylic acid groups (broad SMARTS) is 1. The number of carbonyl (C=O) groups is 2. The molecule has 0 atom stereocenters. The maximum absolute atomic E-state index is 12.1. The standard InChI is InChI=1S/C14H15Cl2NO4.Na/c1-17(2)14(21)10(7-12(19)20)8-3-4-11(15)9(5-6-18)13(8)16;/h3-4,7,18H,5-6H2,1-2H3,(H,19,20);/q;+1/p-1. The van der Waals surface area contributed by atoms with Gasteiger partial charge in [-0.3, -0.25) is 4.79 Å². The molecule has 0 saturated heterocycles. The van der Waals surface area contributed by atoms with Crippen LogP contribution in [0.5, 0.6) is 0 Å². The molecule has 8 heteroatoms. The van der Waals surface area contributed by atoms with Gasteiger partial charge in [-0.25, -0.2) is 0 Å². The molecule has 0 aliphatic heterocycles. The van der Waals surface area contributed by atoms with E-state index in [1.54, 1.807) is 0 Å². The number of aliphatic carboxylic acids is 1. The van der Waals surface area contributed by atoms with E-state index in [2.05, 4.69) is 0 Å². The monoisotopic (exact) mass is 353 g/mol. The summed E-state index contributed by atoms with van der Waals surface area (Å²) in [7, 11) is 2.98. The molecule has 1 rings (SSSR count).